The van der Waals surface area contributed by atoms with E-state index < -0.39 is 11.9 Å². The predicted octanol–water partition coefficient (Wildman–Crippen LogP) is 2.43. The average molecular weight is 268 g/mol. The Balaban J connectivity index is 2.09. The van der Waals surface area contributed by atoms with Crippen LogP contribution in [0.2, 0.25) is 0 Å². The minimum absolute atomic E-state index is 0.0539. The molecule has 0 aliphatic rings. The summed E-state index contributed by atoms with van der Waals surface area (Å²) in [5.41, 5.74) is 1.16. The maximum absolute atomic E-state index is 11.8. The van der Waals surface area contributed by atoms with Crippen LogP contribution in [0.1, 0.15) is 15.9 Å². The van der Waals surface area contributed by atoms with Crippen molar-refractivity contribution in [1.29, 1.82) is 0 Å². The van der Waals surface area contributed by atoms with Gasteiger partial charge in [-0.1, -0.05) is 12.1 Å². The van der Waals surface area contributed by atoms with E-state index in [0.29, 0.717) is 0 Å². The molecule has 1 aromatic heterocycles. The van der Waals surface area contributed by atoms with Crippen molar-refractivity contribution in [1.82, 2.24) is 4.98 Å². The molecule has 0 fully saturated rings. The van der Waals surface area contributed by atoms with Crippen molar-refractivity contribution < 1.29 is 14.7 Å². The summed E-state index contributed by atoms with van der Waals surface area (Å²) in [4.78, 5) is 26.6. The van der Waals surface area contributed by atoms with Crippen molar-refractivity contribution in [3.05, 3.63) is 66.0 Å². The van der Waals surface area contributed by atoms with Crippen molar-refractivity contribution in [2.24, 2.45) is 0 Å². The van der Waals surface area contributed by atoms with E-state index in [1.165, 1.54) is 12.1 Å². The van der Waals surface area contributed by atoms with Crippen LogP contribution in [0.3, 0.4) is 0 Å². The number of para-hydroxylation sites is 1. The summed E-state index contributed by atoms with van der Waals surface area (Å²) < 4.78 is 0. The average Bonchev–Trinajstić information content (AvgIpc) is 2.46. The Hall–Kier alpha value is -2.95. The number of pyridine rings is 1. The standard InChI is InChI=1S/C15H12N2O3/c18-14(6-5-11-7-9-16-10-8-11)17-13-4-2-1-3-12(13)15(19)20/h1-10H,(H,17,18)(H,19,20)/b6-5+. The molecule has 0 spiro atoms. The number of hydrogen-bond acceptors (Lipinski definition) is 3. The van der Waals surface area contributed by atoms with Gasteiger partial charge < -0.3 is 10.4 Å². The molecule has 0 unspecified atom stereocenters. The van der Waals surface area contributed by atoms with E-state index >= 15 is 0 Å². The second kappa shape index (κ2) is 6.29. The second-order valence-electron chi connectivity index (χ2n) is 3.95. The summed E-state index contributed by atoms with van der Waals surface area (Å²) in [6.45, 7) is 0. The molecule has 0 radical (unpaired) electrons. The molecule has 5 heteroatoms. The fraction of sp³-hybridized carbons (Fsp3) is 0. The van der Waals surface area contributed by atoms with Crippen molar-refractivity contribution in [3.8, 4) is 0 Å². The Labute approximate surface area is 115 Å². The Bertz CT molecular complexity index is 651. The van der Waals surface area contributed by atoms with Crippen molar-refractivity contribution in [2.45, 2.75) is 0 Å². The van der Waals surface area contributed by atoms with Crippen LogP contribution in [0.5, 0.6) is 0 Å². The number of carboxylic acid groups (broad SMARTS) is 1. The summed E-state index contributed by atoms with van der Waals surface area (Å²) in [6, 6.07) is 9.76. The first-order valence-corrected chi connectivity index (χ1v) is 5.88. The zero-order chi connectivity index (χ0) is 14.4. The maximum atomic E-state index is 11.8. The zero-order valence-electron chi connectivity index (χ0n) is 10.5. The van der Waals surface area contributed by atoms with Crippen LogP contribution in [0.4, 0.5) is 5.69 Å². The molecule has 2 aromatic rings. The van der Waals surface area contributed by atoms with Gasteiger partial charge >= 0.3 is 5.97 Å². The van der Waals surface area contributed by atoms with E-state index in [1.54, 1.807) is 48.8 Å². The first kappa shape index (κ1) is 13.5. The number of benzene rings is 1. The second-order valence-corrected chi connectivity index (χ2v) is 3.95. The summed E-state index contributed by atoms with van der Waals surface area (Å²) in [7, 11) is 0. The number of carboxylic acids is 1. The number of rotatable bonds is 4. The summed E-state index contributed by atoms with van der Waals surface area (Å²) in [5.74, 6) is -1.48. The molecular formula is C15H12N2O3. The lowest BCUT2D eigenvalue weighted by molar-refractivity contribution is -0.111. The number of carbonyl (C=O) groups excluding carboxylic acids is 1. The van der Waals surface area contributed by atoms with Crippen LogP contribution >= 0.6 is 0 Å². The number of aromatic nitrogens is 1. The fourth-order valence-corrected chi connectivity index (χ4v) is 1.60. The third kappa shape index (κ3) is 3.52. The molecule has 100 valence electrons. The molecule has 1 aromatic carbocycles. The van der Waals surface area contributed by atoms with Gasteiger partial charge in [0, 0.05) is 18.5 Å². The molecule has 1 heterocycles. The third-order valence-electron chi connectivity index (χ3n) is 2.55. The summed E-state index contributed by atoms with van der Waals surface area (Å²) >= 11 is 0. The van der Waals surface area contributed by atoms with Gasteiger partial charge in [0.2, 0.25) is 5.91 Å². The van der Waals surface area contributed by atoms with Crippen molar-refractivity contribution >= 4 is 23.6 Å². The lowest BCUT2D eigenvalue weighted by atomic mass is 10.2. The van der Waals surface area contributed by atoms with E-state index in [0.717, 1.165) is 5.56 Å². The Kier molecular flexibility index (Phi) is 4.24. The normalized spacial score (nSPS) is 10.4. The molecule has 0 saturated carbocycles. The van der Waals surface area contributed by atoms with Crippen molar-refractivity contribution in [3.63, 3.8) is 0 Å². The minimum atomic E-state index is -1.08. The molecule has 2 N–H and O–H groups in total. The molecule has 1 amide bonds. The van der Waals surface area contributed by atoms with E-state index in [1.807, 2.05) is 0 Å². The van der Waals surface area contributed by atoms with Gasteiger partial charge in [-0.15, -0.1) is 0 Å². The topological polar surface area (TPSA) is 79.3 Å². The van der Waals surface area contributed by atoms with Gasteiger partial charge in [0.05, 0.1) is 11.3 Å². The molecule has 20 heavy (non-hydrogen) atoms. The number of aromatic carboxylic acids is 1. The summed E-state index contributed by atoms with van der Waals surface area (Å²) in [6.07, 6.45) is 6.21. The van der Waals surface area contributed by atoms with Crippen LogP contribution in [-0.4, -0.2) is 22.0 Å². The highest BCUT2D eigenvalue weighted by molar-refractivity contribution is 6.06. The monoisotopic (exact) mass is 268 g/mol. The third-order valence-corrected chi connectivity index (χ3v) is 2.55. The van der Waals surface area contributed by atoms with Crippen LogP contribution in [0.25, 0.3) is 6.08 Å². The quantitative estimate of drug-likeness (QED) is 0.835. The minimum Gasteiger partial charge on any atom is -0.478 e. The molecular weight excluding hydrogens is 256 g/mol. The highest BCUT2D eigenvalue weighted by Gasteiger charge is 2.09. The lowest BCUT2D eigenvalue weighted by Gasteiger charge is -2.05. The SMILES string of the molecule is O=C(/C=C/c1ccncc1)Nc1ccccc1C(=O)O. The molecule has 5 nitrogen and oxygen atoms in total. The van der Waals surface area contributed by atoms with E-state index in [4.69, 9.17) is 5.11 Å². The number of hydrogen-bond donors (Lipinski definition) is 2. The lowest BCUT2D eigenvalue weighted by Crippen LogP contribution is -2.11. The molecule has 0 aliphatic heterocycles. The van der Waals surface area contributed by atoms with Gasteiger partial charge in [0.25, 0.3) is 0 Å². The number of anilines is 1. The van der Waals surface area contributed by atoms with E-state index in [2.05, 4.69) is 10.3 Å². The molecule has 0 bridgehead atoms. The van der Waals surface area contributed by atoms with Crippen LogP contribution in [0, 0.1) is 0 Å². The maximum Gasteiger partial charge on any atom is 0.337 e. The first-order valence-electron chi connectivity index (χ1n) is 5.88. The molecule has 0 saturated heterocycles. The number of carbonyl (C=O) groups is 2. The Morgan fingerprint density at radius 1 is 1.10 bits per heavy atom. The summed E-state index contributed by atoms with van der Waals surface area (Å²) in [5, 5.41) is 11.6. The first-order chi connectivity index (χ1) is 9.66. The van der Waals surface area contributed by atoms with Crippen LogP contribution < -0.4 is 5.32 Å². The van der Waals surface area contributed by atoms with E-state index in [-0.39, 0.29) is 11.3 Å². The van der Waals surface area contributed by atoms with Gasteiger partial charge in [-0.05, 0) is 35.9 Å². The van der Waals surface area contributed by atoms with Crippen LogP contribution in [-0.2, 0) is 4.79 Å². The Morgan fingerprint density at radius 2 is 1.80 bits per heavy atom. The van der Waals surface area contributed by atoms with Gasteiger partial charge in [0.1, 0.15) is 0 Å². The van der Waals surface area contributed by atoms with Gasteiger partial charge in [0.15, 0.2) is 0 Å². The molecule has 2 rings (SSSR count). The van der Waals surface area contributed by atoms with Gasteiger partial charge in [-0.3, -0.25) is 9.78 Å². The Morgan fingerprint density at radius 3 is 2.50 bits per heavy atom. The fourth-order valence-electron chi connectivity index (χ4n) is 1.60. The number of nitrogens with zero attached hydrogens (tertiary/aromatic N) is 1. The van der Waals surface area contributed by atoms with E-state index in [9.17, 15) is 9.59 Å². The zero-order valence-corrected chi connectivity index (χ0v) is 10.5. The molecule has 0 atom stereocenters. The van der Waals surface area contributed by atoms with Crippen molar-refractivity contribution in [2.75, 3.05) is 5.32 Å². The van der Waals surface area contributed by atoms with Gasteiger partial charge in [-0.25, -0.2) is 4.79 Å². The largest absolute Gasteiger partial charge is 0.478 e. The van der Waals surface area contributed by atoms with Gasteiger partial charge in [-0.2, -0.15) is 0 Å². The number of nitrogens with one attached hydrogen (secondary N) is 1. The highest BCUT2D eigenvalue weighted by atomic mass is 16.4. The molecule has 0 aliphatic carbocycles. The highest BCUT2D eigenvalue weighted by Crippen LogP contribution is 2.14. The number of amides is 1. The smallest absolute Gasteiger partial charge is 0.337 e. The van der Waals surface area contributed by atoms with Crippen LogP contribution in [0.15, 0.2) is 54.9 Å². The predicted molar refractivity (Wildman–Crippen MR) is 75.3 cm³/mol.